The van der Waals surface area contributed by atoms with Crippen molar-refractivity contribution in [2.24, 2.45) is 4.40 Å². The lowest BCUT2D eigenvalue weighted by atomic mass is 10.1. The van der Waals surface area contributed by atoms with Gasteiger partial charge in [-0.15, -0.1) is 0 Å². The first-order chi connectivity index (χ1) is 16.0. The average molecular weight is 484 g/mol. The monoisotopic (exact) mass is 484 g/mol. The third kappa shape index (κ3) is 4.86. The first-order valence-corrected chi connectivity index (χ1v) is 11.4. The normalized spacial score (nSPS) is 12.6. The van der Waals surface area contributed by atoms with E-state index in [4.69, 9.17) is 0 Å². The van der Waals surface area contributed by atoms with E-state index in [1.807, 2.05) is 6.92 Å². The Bertz CT molecular complexity index is 1440. The summed E-state index contributed by atoms with van der Waals surface area (Å²) in [6.45, 7) is 1.86. The highest BCUT2D eigenvalue weighted by atomic mass is 32.2. The van der Waals surface area contributed by atoms with Crippen LogP contribution in [0.1, 0.15) is 16.8 Å². The minimum absolute atomic E-state index is 0.113. The van der Waals surface area contributed by atoms with E-state index < -0.39 is 27.8 Å². The molecule has 0 unspecified atom stereocenters. The van der Waals surface area contributed by atoms with Gasteiger partial charge in [0, 0.05) is 11.5 Å². The molecule has 174 valence electrons. The lowest BCUT2D eigenvalue weighted by molar-refractivity contribution is -0.212. The summed E-state index contributed by atoms with van der Waals surface area (Å²) in [5, 5.41) is 15.9. The van der Waals surface area contributed by atoms with Gasteiger partial charge in [0.05, 0.1) is 16.3 Å². The second-order valence-corrected chi connectivity index (χ2v) is 9.03. The van der Waals surface area contributed by atoms with Gasteiger partial charge >= 0.3 is 6.18 Å². The Morgan fingerprint density at radius 2 is 1.56 bits per heavy atom. The largest absolute Gasteiger partial charge is 0.858 e. The van der Waals surface area contributed by atoms with Gasteiger partial charge < -0.3 is 5.11 Å². The van der Waals surface area contributed by atoms with Gasteiger partial charge in [0.15, 0.2) is 5.69 Å². The number of nitrogens with zero attached hydrogens (tertiary/aromatic N) is 3. The van der Waals surface area contributed by atoms with Crippen LogP contribution in [0.5, 0.6) is 0 Å². The smallest absolute Gasteiger partial charge is 0.435 e. The van der Waals surface area contributed by atoms with Gasteiger partial charge in [0.1, 0.15) is 0 Å². The van der Waals surface area contributed by atoms with Gasteiger partial charge in [-0.1, -0.05) is 60.2 Å². The lowest BCUT2D eigenvalue weighted by Gasteiger charge is -2.11. The van der Waals surface area contributed by atoms with E-state index in [1.165, 1.54) is 36.4 Å². The Labute approximate surface area is 193 Å². The van der Waals surface area contributed by atoms with Crippen molar-refractivity contribution < 1.29 is 26.7 Å². The molecule has 10 heteroatoms. The van der Waals surface area contributed by atoms with Crippen molar-refractivity contribution in [2.45, 2.75) is 18.0 Å². The molecule has 0 spiro atoms. The second kappa shape index (κ2) is 8.79. The Hall–Kier alpha value is -3.92. The van der Waals surface area contributed by atoms with Crippen molar-refractivity contribution in [3.05, 3.63) is 102 Å². The maximum atomic E-state index is 13.4. The maximum absolute atomic E-state index is 13.4. The Balaban J connectivity index is 1.73. The van der Waals surface area contributed by atoms with Crippen LogP contribution in [0.3, 0.4) is 0 Å². The van der Waals surface area contributed by atoms with Crippen molar-refractivity contribution in [2.75, 3.05) is 0 Å². The number of aromatic nitrogens is 2. The summed E-state index contributed by atoms with van der Waals surface area (Å²) in [6.07, 6.45) is -4.66. The minimum Gasteiger partial charge on any atom is -0.858 e. The highest BCUT2D eigenvalue weighted by Gasteiger charge is 2.35. The highest BCUT2D eigenvalue weighted by Crippen LogP contribution is 2.33. The van der Waals surface area contributed by atoms with Crippen LogP contribution >= 0.6 is 0 Å². The Kier molecular flexibility index (Phi) is 6.01. The first kappa shape index (κ1) is 23.2. The summed E-state index contributed by atoms with van der Waals surface area (Å²) >= 11 is 0. The summed E-state index contributed by atoms with van der Waals surface area (Å²) in [5.74, 6) is -0.923. The average Bonchev–Trinajstić information content (AvgIpc) is 3.26. The standard InChI is InChI=1S/C24H18F3N3O3S/c1-16-7-9-17(10-8-16)21-15-22(24(25,26)27)28-30(21)19-11-13-20(14-12-19)34(32,33)29-23(31)18-5-3-2-4-6-18/h2-15H,1H3,(H,29,31)/p-1. The number of halogens is 3. The fourth-order valence-corrected chi connectivity index (χ4v) is 4.11. The summed E-state index contributed by atoms with van der Waals surface area (Å²) < 4.78 is 69.6. The predicted octanol–water partition coefficient (Wildman–Crippen LogP) is 4.36. The minimum atomic E-state index is -4.66. The Morgan fingerprint density at radius 3 is 2.15 bits per heavy atom. The molecule has 0 atom stereocenters. The van der Waals surface area contributed by atoms with Crippen LogP contribution in [0.15, 0.2) is 94.2 Å². The molecule has 4 aromatic rings. The Morgan fingerprint density at radius 1 is 0.941 bits per heavy atom. The molecule has 0 amide bonds. The van der Waals surface area contributed by atoms with Gasteiger partial charge in [0.25, 0.3) is 10.0 Å². The molecule has 0 radical (unpaired) electrons. The number of aryl methyl sites for hydroxylation is 1. The molecule has 0 aliphatic carbocycles. The fourth-order valence-electron chi connectivity index (χ4n) is 3.20. The van der Waals surface area contributed by atoms with Crippen LogP contribution in [0.25, 0.3) is 16.9 Å². The zero-order valence-corrected chi connectivity index (χ0v) is 18.5. The number of benzene rings is 3. The molecule has 1 heterocycles. The van der Waals surface area contributed by atoms with E-state index >= 15 is 0 Å². The third-order valence-electron chi connectivity index (χ3n) is 4.95. The van der Waals surface area contributed by atoms with Crippen molar-refractivity contribution in [3.63, 3.8) is 0 Å². The van der Waals surface area contributed by atoms with Crippen LogP contribution in [-0.2, 0) is 16.2 Å². The highest BCUT2D eigenvalue weighted by molar-refractivity contribution is 7.90. The van der Waals surface area contributed by atoms with Crippen LogP contribution in [0, 0.1) is 6.92 Å². The molecule has 4 rings (SSSR count). The molecular weight excluding hydrogens is 467 g/mol. The van der Waals surface area contributed by atoms with Crippen molar-refractivity contribution in [3.8, 4) is 16.9 Å². The molecule has 0 aliphatic rings. The maximum Gasteiger partial charge on any atom is 0.435 e. The second-order valence-electron chi connectivity index (χ2n) is 7.42. The number of rotatable bonds is 5. The summed E-state index contributed by atoms with van der Waals surface area (Å²) in [5.41, 5.74) is 0.874. The third-order valence-corrected chi connectivity index (χ3v) is 6.22. The number of sulfonamides is 1. The van der Waals surface area contributed by atoms with Crippen LogP contribution in [0.4, 0.5) is 13.2 Å². The van der Waals surface area contributed by atoms with Crippen molar-refractivity contribution >= 4 is 15.9 Å². The van der Waals surface area contributed by atoms with Gasteiger partial charge in [0.2, 0.25) is 0 Å². The van der Waals surface area contributed by atoms with Crippen LogP contribution < -0.4 is 5.11 Å². The van der Waals surface area contributed by atoms with Crippen molar-refractivity contribution in [1.29, 1.82) is 0 Å². The SMILES string of the molecule is Cc1ccc(-c2cc(C(F)(F)F)nn2-c2ccc(S(=O)(=O)/N=C(\[O-])c3ccccc3)cc2)cc1. The van der Waals surface area contributed by atoms with Crippen LogP contribution in [-0.4, -0.2) is 24.1 Å². The molecular formula is C24H17F3N3O3S-. The number of hydrogen-bond donors (Lipinski definition) is 0. The topological polar surface area (TPSA) is 87.4 Å². The quantitative estimate of drug-likeness (QED) is 0.311. The molecule has 1 aromatic heterocycles. The van der Waals surface area contributed by atoms with Crippen molar-refractivity contribution in [1.82, 2.24) is 9.78 Å². The fraction of sp³-hybridized carbons (Fsp3) is 0.0833. The van der Waals surface area contributed by atoms with E-state index in [2.05, 4.69) is 9.50 Å². The molecule has 3 aromatic carbocycles. The molecule has 0 aliphatic heterocycles. The van der Waals surface area contributed by atoms with E-state index in [1.54, 1.807) is 42.5 Å². The predicted molar refractivity (Wildman–Crippen MR) is 119 cm³/mol. The molecule has 0 bridgehead atoms. The van der Waals surface area contributed by atoms with E-state index in [0.29, 0.717) is 5.56 Å². The van der Waals surface area contributed by atoms with E-state index in [9.17, 15) is 26.7 Å². The van der Waals surface area contributed by atoms with E-state index in [0.717, 1.165) is 16.3 Å². The molecule has 0 fully saturated rings. The van der Waals surface area contributed by atoms with E-state index in [-0.39, 0.29) is 21.8 Å². The summed E-state index contributed by atoms with van der Waals surface area (Å²) in [7, 11) is -4.33. The van der Waals surface area contributed by atoms with Gasteiger partial charge in [-0.25, -0.2) is 4.68 Å². The molecule has 6 nitrogen and oxygen atoms in total. The van der Waals surface area contributed by atoms with Gasteiger partial charge in [-0.05, 0) is 42.8 Å². The molecule has 0 saturated heterocycles. The lowest BCUT2D eigenvalue weighted by Crippen LogP contribution is -2.20. The zero-order chi connectivity index (χ0) is 24.5. The number of alkyl halides is 3. The number of hydrogen-bond acceptors (Lipinski definition) is 4. The molecule has 0 saturated carbocycles. The molecule has 34 heavy (non-hydrogen) atoms. The summed E-state index contributed by atoms with van der Waals surface area (Å²) in [6, 6.07) is 20.5. The van der Waals surface area contributed by atoms with Gasteiger partial charge in [-0.2, -0.15) is 31.1 Å². The first-order valence-electron chi connectivity index (χ1n) is 9.97. The van der Waals surface area contributed by atoms with Crippen LogP contribution in [0.2, 0.25) is 0 Å². The van der Waals surface area contributed by atoms with Gasteiger partial charge in [-0.3, -0.25) is 0 Å². The molecule has 0 N–H and O–H groups in total. The summed E-state index contributed by atoms with van der Waals surface area (Å²) in [4.78, 5) is -0.277. The zero-order valence-electron chi connectivity index (χ0n) is 17.7.